The first-order valence-electron chi connectivity index (χ1n) is 6.71. The minimum Gasteiger partial charge on any atom is -0.382 e. The van der Waals surface area contributed by atoms with Crippen LogP contribution in [0.5, 0.6) is 0 Å². The summed E-state index contributed by atoms with van der Waals surface area (Å²) in [5.41, 5.74) is 5.75. The van der Waals surface area contributed by atoms with Gasteiger partial charge in [-0.1, -0.05) is 25.2 Å². The molecule has 0 radical (unpaired) electrons. The monoisotopic (exact) mass is 300 g/mol. The van der Waals surface area contributed by atoms with E-state index >= 15 is 0 Å². The summed E-state index contributed by atoms with van der Waals surface area (Å²) in [6.07, 6.45) is 0.789. The van der Waals surface area contributed by atoms with Crippen molar-refractivity contribution in [3.05, 3.63) is 4.88 Å². The number of anilines is 2. The second-order valence-electron chi connectivity index (χ2n) is 5.18. The van der Waals surface area contributed by atoms with Crippen molar-refractivity contribution in [3.8, 4) is 0 Å². The van der Waals surface area contributed by atoms with E-state index in [1.165, 1.54) is 11.3 Å². The lowest BCUT2D eigenvalue weighted by Gasteiger charge is -2.07. The number of carbonyl (C=O) groups is 1. The van der Waals surface area contributed by atoms with E-state index in [-0.39, 0.29) is 11.7 Å². The molecule has 0 aliphatic rings. The molecule has 1 aromatic heterocycles. The average Bonchev–Trinajstić information content (AvgIpc) is 2.75. The lowest BCUT2D eigenvalue weighted by atomic mass is 10.2. The molecular formula is C13H24N4O2S. The first-order valence-corrected chi connectivity index (χ1v) is 7.53. The molecule has 114 valence electrons. The van der Waals surface area contributed by atoms with Gasteiger partial charge in [-0.05, 0) is 12.3 Å². The Bertz CT molecular complexity index is 432. The van der Waals surface area contributed by atoms with E-state index < -0.39 is 0 Å². The topological polar surface area (TPSA) is 80.5 Å². The lowest BCUT2D eigenvalue weighted by Crippen LogP contribution is -2.25. The Morgan fingerprint density at radius 3 is 2.75 bits per heavy atom. The molecule has 0 fully saturated rings. The first-order chi connectivity index (χ1) is 9.41. The van der Waals surface area contributed by atoms with Gasteiger partial charge in [-0.3, -0.25) is 4.79 Å². The fourth-order valence-electron chi connectivity index (χ4n) is 1.45. The lowest BCUT2D eigenvalue weighted by molar-refractivity contribution is 0.0929. The van der Waals surface area contributed by atoms with Crippen LogP contribution in [0.15, 0.2) is 0 Å². The number of aromatic nitrogens is 1. The third-order valence-corrected chi connectivity index (χ3v) is 3.67. The fraction of sp³-hybridized carbons (Fsp3) is 0.692. The number of nitrogens with one attached hydrogen (secondary N) is 1. The van der Waals surface area contributed by atoms with Crippen molar-refractivity contribution in [2.45, 2.75) is 20.3 Å². The Kier molecular flexibility index (Phi) is 6.74. The normalized spacial score (nSPS) is 10.8. The Balaban J connectivity index is 2.32. The van der Waals surface area contributed by atoms with Gasteiger partial charge >= 0.3 is 0 Å². The van der Waals surface area contributed by atoms with Crippen LogP contribution in [0, 0.1) is 5.92 Å². The molecule has 0 bridgehead atoms. The number of thiazole rings is 1. The van der Waals surface area contributed by atoms with Crippen molar-refractivity contribution in [1.29, 1.82) is 0 Å². The summed E-state index contributed by atoms with van der Waals surface area (Å²) in [6.45, 7) is 6.19. The summed E-state index contributed by atoms with van der Waals surface area (Å²) in [6, 6.07) is 0. The molecule has 0 spiro atoms. The van der Waals surface area contributed by atoms with Crippen molar-refractivity contribution >= 4 is 28.2 Å². The van der Waals surface area contributed by atoms with Gasteiger partial charge in [0.2, 0.25) is 0 Å². The largest absolute Gasteiger partial charge is 0.382 e. The highest BCUT2D eigenvalue weighted by Crippen LogP contribution is 2.26. The van der Waals surface area contributed by atoms with Crippen LogP contribution in [-0.4, -0.2) is 44.7 Å². The third-order valence-electron chi connectivity index (χ3n) is 2.43. The van der Waals surface area contributed by atoms with E-state index in [9.17, 15) is 4.79 Å². The average molecular weight is 300 g/mol. The number of hydrogen-bond donors (Lipinski definition) is 2. The minimum atomic E-state index is -0.169. The second kappa shape index (κ2) is 8.06. The summed E-state index contributed by atoms with van der Waals surface area (Å²) in [5.74, 6) is 0.648. The SMILES string of the molecule is CC(C)COCCCNC(=O)c1sc(N(C)C)nc1N. The van der Waals surface area contributed by atoms with E-state index in [2.05, 4.69) is 24.1 Å². The maximum Gasteiger partial charge on any atom is 0.265 e. The number of nitrogen functional groups attached to an aromatic ring is 1. The number of carbonyl (C=O) groups excluding carboxylic acids is 1. The Hall–Kier alpha value is -1.34. The molecule has 7 heteroatoms. The van der Waals surface area contributed by atoms with Gasteiger partial charge in [0.05, 0.1) is 0 Å². The van der Waals surface area contributed by atoms with Crippen LogP contribution in [0.2, 0.25) is 0 Å². The minimum absolute atomic E-state index is 0.169. The van der Waals surface area contributed by atoms with Crippen molar-refractivity contribution in [2.75, 3.05) is 44.5 Å². The van der Waals surface area contributed by atoms with Crippen LogP contribution in [0.4, 0.5) is 10.9 Å². The van der Waals surface area contributed by atoms with Crippen LogP contribution in [0.3, 0.4) is 0 Å². The van der Waals surface area contributed by atoms with E-state index in [0.29, 0.717) is 23.9 Å². The summed E-state index contributed by atoms with van der Waals surface area (Å²) in [7, 11) is 3.73. The molecule has 0 aromatic carbocycles. The van der Waals surface area contributed by atoms with Gasteiger partial charge in [-0.15, -0.1) is 0 Å². The van der Waals surface area contributed by atoms with Crippen molar-refractivity contribution in [1.82, 2.24) is 10.3 Å². The molecule has 20 heavy (non-hydrogen) atoms. The zero-order valence-corrected chi connectivity index (χ0v) is 13.4. The van der Waals surface area contributed by atoms with Crippen LogP contribution in [0.1, 0.15) is 29.9 Å². The van der Waals surface area contributed by atoms with Gasteiger partial charge in [-0.2, -0.15) is 0 Å². The molecule has 6 nitrogen and oxygen atoms in total. The Morgan fingerprint density at radius 1 is 1.50 bits per heavy atom. The van der Waals surface area contributed by atoms with Crippen LogP contribution >= 0.6 is 11.3 Å². The zero-order valence-electron chi connectivity index (χ0n) is 12.6. The molecule has 3 N–H and O–H groups in total. The quantitative estimate of drug-likeness (QED) is 0.713. The molecule has 1 heterocycles. The van der Waals surface area contributed by atoms with Crippen LogP contribution in [-0.2, 0) is 4.74 Å². The standard InChI is InChI=1S/C13H24N4O2S/c1-9(2)8-19-7-5-6-15-12(18)10-11(14)16-13(20-10)17(3)4/h9H,5-8,14H2,1-4H3,(H,15,18). The predicted molar refractivity (Wildman–Crippen MR) is 83.5 cm³/mol. The van der Waals surface area contributed by atoms with Crippen LogP contribution < -0.4 is 16.0 Å². The highest BCUT2D eigenvalue weighted by Gasteiger charge is 2.16. The highest BCUT2D eigenvalue weighted by atomic mass is 32.1. The van der Waals surface area contributed by atoms with Crippen molar-refractivity contribution in [3.63, 3.8) is 0 Å². The zero-order chi connectivity index (χ0) is 15.1. The number of nitrogens with zero attached hydrogens (tertiary/aromatic N) is 2. The summed E-state index contributed by atoms with van der Waals surface area (Å²) < 4.78 is 5.45. The van der Waals surface area contributed by atoms with E-state index in [1.807, 2.05) is 19.0 Å². The summed E-state index contributed by atoms with van der Waals surface area (Å²) in [5, 5.41) is 3.56. The number of hydrogen-bond acceptors (Lipinski definition) is 6. The first kappa shape index (κ1) is 16.7. The fourth-order valence-corrected chi connectivity index (χ4v) is 2.27. The van der Waals surface area contributed by atoms with Gasteiger partial charge in [-0.25, -0.2) is 4.98 Å². The second-order valence-corrected chi connectivity index (χ2v) is 6.16. The molecule has 0 aliphatic carbocycles. The summed E-state index contributed by atoms with van der Waals surface area (Å²) >= 11 is 1.29. The molecule has 1 amide bonds. The maximum absolute atomic E-state index is 12.0. The van der Waals surface area contributed by atoms with E-state index in [0.717, 1.165) is 18.2 Å². The molecule has 0 aliphatic heterocycles. The Labute approximate surface area is 124 Å². The van der Waals surface area contributed by atoms with Gasteiger partial charge in [0.1, 0.15) is 10.7 Å². The number of ether oxygens (including phenoxy) is 1. The predicted octanol–water partition coefficient (Wildman–Crippen LogP) is 1.58. The maximum atomic E-state index is 12.0. The molecule has 0 saturated heterocycles. The summed E-state index contributed by atoms with van der Waals surface area (Å²) in [4.78, 5) is 18.4. The third kappa shape index (κ3) is 5.34. The van der Waals surface area contributed by atoms with Crippen molar-refractivity contribution in [2.24, 2.45) is 5.92 Å². The van der Waals surface area contributed by atoms with Gasteiger partial charge < -0.3 is 20.7 Å². The molecule has 0 unspecified atom stereocenters. The van der Waals surface area contributed by atoms with Crippen LogP contribution in [0.25, 0.3) is 0 Å². The molecular weight excluding hydrogens is 276 g/mol. The number of amides is 1. The van der Waals surface area contributed by atoms with Crippen molar-refractivity contribution < 1.29 is 9.53 Å². The number of rotatable bonds is 8. The van der Waals surface area contributed by atoms with E-state index in [1.54, 1.807) is 0 Å². The van der Waals surface area contributed by atoms with Gasteiger partial charge in [0, 0.05) is 33.9 Å². The molecule has 0 saturated carbocycles. The van der Waals surface area contributed by atoms with Gasteiger partial charge in [0.15, 0.2) is 5.13 Å². The highest BCUT2D eigenvalue weighted by molar-refractivity contribution is 7.18. The Morgan fingerprint density at radius 2 is 2.20 bits per heavy atom. The molecule has 0 atom stereocenters. The van der Waals surface area contributed by atoms with Gasteiger partial charge in [0.25, 0.3) is 5.91 Å². The molecule has 1 rings (SSSR count). The van der Waals surface area contributed by atoms with E-state index in [4.69, 9.17) is 10.5 Å². The molecule has 1 aromatic rings. The smallest absolute Gasteiger partial charge is 0.265 e. The number of nitrogens with two attached hydrogens (primary N) is 1.